The number of aryl methyl sites for hydroxylation is 1. The minimum atomic E-state index is -0.0195. The second-order valence-electron chi connectivity index (χ2n) is 5.55. The highest BCUT2D eigenvalue weighted by Gasteiger charge is 2.26. The molecular formula is C14H20N6O2S. The van der Waals surface area contributed by atoms with Crippen molar-refractivity contribution in [1.29, 1.82) is 0 Å². The summed E-state index contributed by atoms with van der Waals surface area (Å²) in [6.07, 6.45) is 1.68. The number of rotatable bonds is 5. The van der Waals surface area contributed by atoms with Gasteiger partial charge < -0.3 is 9.84 Å². The summed E-state index contributed by atoms with van der Waals surface area (Å²) in [5, 5.41) is 9.14. The average molecular weight is 336 g/mol. The summed E-state index contributed by atoms with van der Waals surface area (Å²) in [5.74, 6) is 1.29. The smallest absolute Gasteiger partial charge is 0.243 e. The Morgan fingerprint density at radius 3 is 2.83 bits per heavy atom. The standard InChI is InChI=1S/C14H20N6O2S/c1-10(13-16-11(2)18-22-13)20-6-4-19(5-7-20)9-12(21)17-14-15-3-8-23-14/h3,8,10H,4-7,9H2,1-2H3,(H,15,17,21)/t10-/m0/s1. The third-order valence-corrected chi connectivity index (χ3v) is 4.59. The van der Waals surface area contributed by atoms with Gasteiger partial charge >= 0.3 is 0 Å². The van der Waals surface area contributed by atoms with E-state index in [9.17, 15) is 4.79 Å². The Morgan fingerprint density at radius 1 is 1.43 bits per heavy atom. The van der Waals surface area contributed by atoms with Gasteiger partial charge in [0.15, 0.2) is 11.0 Å². The first-order valence-corrected chi connectivity index (χ1v) is 8.46. The monoisotopic (exact) mass is 336 g/mol. The normalized spacial score (nSPS) is 18.0. The largest absolute Gasteiger partial charge is 0.338 e. The molecule has 1 fully saturated rings. The first-order chi connectivity index (χ1) is 11.1. The fourth-order valence-corrected chi connectivity index (χ4v) is 3.14. The van der Waals surface area contributed by atoms with Gasteiger partial charge in [0.25, 0.3) is 0 Å². The molecule has 1 saturated heterocycles. The van der Waals surface area contributed by atoms with E-state index in [-0.39, 0.29) is 11.9 Å². The highest BCUT2D eigenvalue weighted by Crippen LogP contribution is 2.20. The number of piperazine rings is 1. The van der Waals surface area contributed by atoms with E-state index in [1.54, 1.807) is 6.20 Å². The van der Waals surface area contributed by atoms with Gasteiger partial charge in [0.05, 0.1) is 12.6 Å². The minimum Gasteiger partial charge on any atom is -0.338 e. The number of hydrogen-bond donors (Lipinski definition) is 1. The van der Waals surface area contributed by atoms with E-state index in [1.165, 1.54) is 11.3 Å². The average Bonchev–Trinajstić information content (AvgIpc) is 3.19. The van der Waals surface area contributed by atoms with Gasteiger partial charge in [0.2, 0.25) is 11.8 Å². The molecule has 3 rings (SSSR count). The molecule has 0 bridgehead atoms. The van der Waals surface area contributed by atoms with Crippen molar-refractivity contribution in [2.24, 2.45) is 0 Å². The van der Waals surface area contributed by atoms with E-state index >= 15 is 0 Å². The van der Waals surface area contributed by atoms with Crippen LogP contribution in [0.4, 0.5) is 5.13 Å². The maximum atomic E-state index is 12.0. The number of aromatic nitrogens is 3. The second kappa shape index (κ2) is 7.16. The Hall–Kier alpha value is -1.84. The Kier molecular flexibility index (Phi) is 4.99. The molecular weight excluding hydrogens is 316 g/mol. The lowest BCUT2D eigenvalue weighted by Crippen LogP contribution is -2.49. The van der Waals surface area contributed by atoms with Crippen molar-refractivity contribution in [3.05, 3.63) is 23.3 Å². The van der Waals surface area contributed by atoms with Crippen molar-refractivity contribution in [3.8, 4) is 0 Å². The Bertz CT molecular complexity index is 635. The van der Waals surface area contributed by atoms with Crippen LogP contribution in [0.25, 0.3) is 0 Å². The van der Waals surface area contributed by atoms with Crippen LogP contribution in [0.1, 0.15) is 24.7 Å². The molecule has 23 heavy (non-hydrogen) atoms. The van der Waals surface area contributed by atoms with Crippen LogP contribution >= 0.6 is 11.3 Å². The van der Waals surface area contributed by atoms with Crippen molar-refractivity contribution >= 4 is 22.4 Å². The maximum absolute atomic E-state index is 12.0. The van der Waals surface area contributed by atoms with Crippen LogP contribution in [0.15, 0.2) is 16.1 Å². The molecule has 2 aromatic heterocycles. The predicted molar refractivity (Wildman–Crippen MR) is 86.2 cm³/mol. The van der Waals surface area contributed by atoms with Gasteiger partial charge in [0, 0.05) is 37.8 Å². The molecule has 3 heterocycles. The van der Waals surface area contributed by atoms with Gasteiger partial charge in [-0.2, -0.15) is 4.98 Å². The molecule has 1 N–H and O–H groups in total. The summed E-state index contributed by atoms with van der Waals surface area (Å²) in [5.41, 5.74) is 0. The van der Waals surface area contributed by atoms with Crippen LogP contribution in [0, 0.1) is 6.92 Å². The van der Waals surface area contributed by atoms with Crippen LogP contribution in [-0.4, -0.2) is 63.6 Å². The van der Waals surface area contributed by atoms with Gasteiger partial charge in [-0.3, -0.25) is 14.6 Å². The topological polar surface area (TPSA) is 87.4 Å². The van der Waals surface area contributed by atoms with E-state index in [0.717, 1.165) is 26.2 Å². The summed E-state index contributed by atoms with van der Waals surface area (Å²) in [6, 6.07) is 0.0995. The summed E-state index contributed by atoms with van der Waals surface area (Å²) in [6.45, 7) is 7.68. The second-order valence-corrected chi connectivity index (χ2v) is 6.45. The molecule has 8 nitrogen and oxygen atoms in total. The lowest BCUT2D eigenvalue weighted by atomic mass is 10.2. The number of hydrogen-bond acceptors (Lipinski definition) is 8. The SMILES string of the molecule is Cc1noc([C@H](C)N2CCN(CC(=O)Nc3nccs3)CC2)n1. The highest BCUT2D eigenvalue weighted by atomic mass is 32.1. The van der Waals surface area contributed by atoms with Crippen LogP contribution in [-0.2, 0) is 4.79 Å². The van der Waals surface area contributed by atoms with Crippen molar-refractivity contribution < 1.29 is 9.32 Å². The van der Waals surface area contributed by atoms with Crippen molar-refractivity contribution in [2.75, 3.05) is 38.0 Å². The summed E-state index contributed by atoms with van der Waals surface area (Å²) in [4.78, 5) is 24.8. The predicted octanol–water partition coefficient (Wildman–Crippen LogP) is 1.15. The lowest BCUT2D eigenvalue weighted by Gasteiger charge is -2.36. The molecule has 2 aromatic rings. The molecule has 1 amide bonds. The summed E-state index contributed by atoms with van der Waals surface area (Å²) < 4.78 is 5.24. The van der Waals surface area contributed by atoms with Gasteiger partial charge in [-0.25, -0.2) is 4.98 Å². The van der Waals surface area contributed by atoms with Gasteiger partial charge in [0.1, 0.15) is 0 Å². The van der Waals surface area contributed by atoms with E-state index in [4.69, 9.17) is 4.52 Å². The molecule has 0 unspecified atom stereocenters. The van der Waals surface area contributed by atoms with Crippen LogP contribution < -0.4 is 5.32 Å². The third-order valence-electron chi connectivity index (χ3n) is 3.90. The van der Waals surface area contributed by atoms with E-state index < -0.39 is 0 Å². The zero-order valence-corrected chi connectivity index (χ0v) is 14.0. The molecule has 1 aliphatic heterocycles. The fourth-order valence-electron chi connectivity index (χ4n) is 2.59. The van der Waals surface area contributed by atoms with Crippen LogP contribution in [0.2, 0.25) is 0 Å². The molecule has 1 atom stereocenters. The number of nitrogens with one attached hydrogen (secondary N) is 1. The van der Waals surface area contributed by atoms with Gasteiger partial charge in [-0.05, 0) is 13.8 Å². The highest BCUT2D eigenvalue weighted by molar-refractivity contribution is 7.13. The number of carbonyl (C=O) groups is 1. The summed E-state index contributed by atoms with van der Waals surface area (Å²) >= 11 is 1.42. The number of anilines is 1. The Labute approximate surface area is 138 Å². The number of amides is 1. The fraction of sp³-hybridized carbons (Fsp3) is 0.571. The lowest BCUT2D eigenvalue weighted by molar-refractivity contribution is -0.117. The number of nitrogens with zero attached hydrogens (tertiary/aromatic N) is 5. The molecule has 124 valence electrons. The molecule has 0 radical (unpaired) electrons. The molecule has 0 saturated carbocycles. The van der Waals surface area contributed by atoms with E-state index in [2.05, 4.69) is 37.2 Å². The minimum absolute atomic E-state index is 0.0195. The van der Waals surface area contributed by atoms with Crippen LogP contribution in [0.3, 0.4) is 0 Å². The van der Waals surface area contributed by atoms with Gasteiger partial charge in [-0.15, -0.1) is 11.3 Å². The Balaban J connectivity index is 1.45. The molecule has 0 aliphatic carbocycles. The molecule has 0 aromatic carbocycles. The zero-order chi connectivity index (χ0) is 16.2. The van der Waals surface area contributed by atoms with Crippen molar-refractivity contribution in [3.63, 3.8) is 0 Å². The quantitative estimate of drug-likeness (QED) is 0.876. The van der Waals surface area contributed by atoms with Gasteiger partial charge in [-0.1, -0.05) is 5.16 Å². The van der Waals surface area contributed by atoms with Crippen molar-refractivity contribution in [1.82, 2.24) is 24.9 Å². The number of carbonyl (C=O) groups excluding carboxylic acids is 1. The van der Waals surface area contributed by atoms with Crippen LogP contribution in [0.5, 0.6) is 0 Å². The van der Waals surface area contributed by atoms with Crippen molar-refractivity contribution in [2.45, 2.75) is 19.9 Å². The Morgan fingerprint density at radius 2 is 2.22 bits per heavy atom. The summed E-state index contributed by atoms with van der Waals surface area (Å²) in [7, 11) is 0. The van der Waals surface area contributed by atoms with E-state index in [0.29, 0.717) is 23.4 Å². The molecule has 1 aliphatic rings. The first kappa shape index (κ1) is 16.0. The van der Waals surface area contributed by atoms with E-state index in [1.807, 2.05) is 12.3 Å². The zero-order valence-electron chi connectivity index (χ0n) is 13.2. The third kappa shape index (κ3) is 4.12. The molecule has 9 heteroatoms. The molecule has 0 spiro atoms. The first-order valence-electron chi connectivity index (χ1n) is 7.58. The number of thiazole rings is 1. The maximum Gasteiger partial charge on any atom is 0.243 e.